The normalized spacial score (nSPS) is 17.8. The number of carbonyl (C=O) groups excluding carboxylic acids is 1. The first kappa shape index (κ1) is 14.4. The van der Waals surface area contributed by atoms with E-state index in [-0.39, 0.29) is 12.1 Å². The zero-order chi connectivity index (χ0) is 14.5. The summed E-state index contributed by atoms with van der Waals surface area (Å²) in [6, 6.07) is 8.07. The van der Waals surface area contributed by atoms with E-state index in [1.807, 2.05) is 31.2 Å². The minimum Gasteiger partial charge on any atom is -0.453 e. The Balaban J connectivity index is 2.21. The summed E-state index contributed by atoms with van der Waals surface area (Å²) >= 11 is 0. The second kappa shape index (κ2) is 6.43. The van der Waals surface area contributed by atoms with Gasteiger partial charge in [-0.05, 0) is 38.8 Å². The number of ether oxygens (including phenoxy) is 1. The molecule has 20 heavy (non-hydrogen) atoms. The van der Waals surface area contributed by atoms with Gasteiger partial charge in [-0.25, -0.2) is 4.79 Å². The average Bonchev–Trinajstić information content (AvgIpc) is 2.71. The SMILES string of the molecule is CCCCC1OC(=O)C(C)=C1C#Cc1ccc(C)cc1. The number of esters is 1. The van der Waals surface area contributed by atoms with Crippen LogP contribution in [-0.4, -0.2) is 12.1 Å². The predicted molar refractivity (Wildman–Crippen MR) is 80.2 cm³/mol. The van der Waals surface area contributed by atoms with Crippen molar-refractivity contribution >= 4 is 5.97 Å². The van der Waals surface area contributed by atoms with E-state index in [9.17, 15) is 4.79 Å². The van der Waals surface area contributed by atoms with Crippen molar-refractivity contribution < 1.29 is 9.53 Å². The lowest BCUT2D eigenvalue weighted by molar-refractivity contribution is -0.139. The Morgan fingerprint density at radius 2 is 1.85 bits per heavy atom. The molecule has 2 heteroatoms. The van der Waals surface area contributed by atoms with Crippen LogP contribution in [0.3, 0.4) is 0 Å². The van der Waals surface area contributed by atoms with Gasteiger partial charge in [-0.3, -0.25) is 0 Å². The van der Waals surface area contributed by atoms with Gasteiger partial charge >= 0.3 is 5.97 Å². The molecule has 0 bridgehead atoms. The highest BCUT2D eigenvalue weighted by Crippen LogP contribution is 2.25. The number of rotatable bonds is 3. The van der Waals surface area contributed by atoms with Gasteiger partial charge in [-0.15, -0.1) is 0 Å². The first-order valence-electron chi connectivity index (χ1n) is 7.12. The molecule has 1 aromatic carbocycles. The zero-order valence-electron chi connectivity index (χ0n) is 12.3. The summed E-state index contributed by atoms with van der Waals surface area (Å²) in [5, 5.41) is 0. The van der Waals surface area contributed by atoms with E-state index in [0.29, 0.717) is 5.57 Å². The first-order chi connectivity index (χ1) is 9.61. The van der Waals surface area contributed by atoms with Crippen LogP contribution in [0.4, 0.5) is 0 Å². The zero-order valence-corrected chi connectivity index (χ0v) is 12.3. The van der Waals surface area contributed by atoms with E-state index in [1.165, 1.54) is 5.56 Å². The van der Waals surface area contributed by atoms with Crippen molar-refractivity contribution in [2.75, 3.05) is 0 Å². The summed E-state index contributed by atoms with van der Waals surface area (Å²) in [6.07, 6.45) is 2.84. The molecule has 1 aliphatic rings. The number of aryl methyl sites for hydroxylation is 1. The number of benzene rings is 1. The molecule has 104 valence electrons. The molecular formula is C18H20O2. The highest BCUT2D eigenvalue weighted by Gasteiger charge is 2.29. The molecule has 0 radical (unpaired) electrons. The molecule has 1 aromatic rings. The van der Waals surface area contributed by atoms with E-state index in [4.69, 9.17) is 4.74 Å². The molecule has 1 aliphatic heterocycles. The molecule has 2 nitrogen and oxygen atoms in total. The Morgan fingerprint density at radius 3 is 2.50 bits per heavy atom. The molecule has 0 saturated heterocycles. The second-order valence-corrected chi connectivity index (χ2v) is 5.19. The number of hydrogen-bond acceptors (Lipinski definition) is 2. The highest BCUT2D eigenvalue weighted by molar-refractivity contribution is 5.93. The van der Waals surface area contributed by atoms with Gasteiger partial charge in [0.25, 0.3) is 0 Å². The van der Waals surface area contributed by atoms with E-state index < -0.39 is 0 Å². The van der Waals surface area contributed by atoms with Gasteiger partial charge in [0.2, 0.25) is 0 Å². The van der Waals surface area contributed by atoms with Gasteiger partial charge in [-0.2, -0.15) is 0 Å². The summed E-state index contributed by atoms with van der Waals surface area (Å²) in [4.78, 5) is 11.7. The average molecular weight is 268 g/mol. The molecule has 1 unspecified atom stereocenters. The molecule has 0 fully saturated rings. The molecule has 1 heterocycles. The van der Waals surface area contributed by atoms with Gasteiger partial charge in [-0.1, -0.05) is 42.9 Å². The van der Waals surface area contributed by atoms with Crippen LogP contribution in [0.1, 0.15) is 44.2 Å². The van der Waals surface area contributed by atoms with E-state index in [1.54, 1.807) is 6.92 Å². The fourth-order valence-electron chi connectivity index (χ4n) is 2.17. The van der Waals surface area contributed by atoms with Crippen LogP contribution in [0, 0.1) is 18.8 Å². The molecule has 0 aliphatic carbocycles. The van der Waals surface area contributed by atoms with E-state index in [0.717, 1.165) is 30.4 Å². The lowest BCUT2D eigenvalue weighted by Crippen LogP contribution is -2.10. The van der Waals surface area contributed by atoms with Gasteiger partial charge < -0.3 is 4.74 Å². The molecule has 0 spiro atoms. The van der Waals surface area contributed by atoms with Crippen molar-refractivity contribution in [2.24, 2.45) is 0 Å². The maximum Gasteiger partial charge on any atom is 0.335 e. The summed E-state index contributed by atoms with van der Waals surface area (Å²) in [5.41, 5.74) is 3.69. The van der Waals surface area contributed by atoms with Crippen LogP contribution >= 0.6 is 0 Å². The van der Waals surface area contributed by atoms with Crippen LogP contribution in [0.2, 0.25) is 0 Å². The number of unbranched alkanes of at least 4 members (excludes halogenated alkanes) is 1. The highest BCUT2D eigenvalue weighted by atomic mass is 16.5. The molecule has 0 amide bonds. The predicted octanol–water partition coefficient (Wildman–Crippen LogP) is 3.78. The molecule has 2 rings (SSSR count). The van der Waals surface area contributed by atoms with Crippen LogP contribution < -0.4 is 0 Å². The molecule has 0 N–H and O–H groups in total. The Hall–Kier alpha value is -2.01. The Morgan fingerprint density at radius 1 is 1.15 bits per heavy atom. The van der Waals surface area contributed by atoms with Crippen molar-refractivity contribution in [2.45, 2.75) is 46.1 Å². The number of cyclic esters (lactones) is 1. The summed E-state index contributed by atoms with van der Waals surface area (Å²) in [7, 11) is 0. The fourth-order valence-corrected chi connectivity index (χ4v) is 2.17. The van der Waals surface area contributed by atoms with Crippen molar-refractivity contribution in [3.8, 4) is 11.8 Å². The first-order valence-corrected chi connectivity index (χ1v) is 7.12. The van der Waals surface area contributed by atoms with E-state index in [2.05, 4.69) is 18.8 Å². The quantitative estimate of drug-likeness (QED) is 0.616. The van der Waals surface area contributed by atoms with Crippen LogP contribution in [-0.2, 0) is 9.53 Å². The van der Waals surface area contributed by atoms with Crippen LogP contribution in [0.5, 0.6) is 0 Å². The second-order valence-electron chi connectivity index (χ2n) is 5.19. The lowest BCUT2D eigenvalue weighted by atomic mass is 10.0. The summed E-state index contributed by atoms with van der Waals surface area (Å²) < 4.78 is 5.38. The minimum atomic E-state index is -0.223. The van der Waals surface area contributed by atoms with Crippen LogP contribution in [0.25, 0.3) is 0 Å². The molecule has 0 saturated carbocycles. The van der Waals surface area contributed by atoms with Crippen molar-refractivity contribution in [3.05, 3.63) is 46.5 Å². The standard InChI is InChI=1S/C18H20O2/c1-4-5-6-17-16(14(3)18(19)20-17)12-11-15-9-7-13(2)8-10-15/h7-10,17H,4-6H2,1-3H3. The summed E-state index contributed by atoms with van der Waals surface area (Å²) in [5.74, 6) is 6.05. The Kier molecular flexibility index (Phi) is 4.63. The maximum atomic E-state index is 11.7. The third kappa shape index (κ3) is 3.30. The smallest absolute Gasteiger partial charge is 0.335 e. The van der Waals surface area contributed by atoms with Gasteiger partial charge in [0.05, 0.1) is 5.57 Å². The molecular weight excluding hydrogens is 248 g/mol. The Labute approximate surface area is 120 Å². The van der Waals surface area contributed by atoms with Gasteiger partial charge in [0.1, 0.15) is 6.10 Å². The van der Waals surface area contributed by atoms with Crippen molar-refractivity contribution in [1.82, 2.24) is 0 Å². The fraction of sp³-hybridized carbons (Fsp3) is 0.389. The largest absolute Gasteiger partial charge is 0.453 e. The minimum absolute atomic E-state index is 0.152. The molecule has 1 atom stereocenters. The van der Waals surface area contributed by atoms with E-state index >= 15 is 0 Å². The van der Waals surface area contributed by atoms with Gasteiger partial charge in [0.15, 0.2) is 0 Å². The third-order valence-electron chi connectivity index (χ3n) is 3.49. The Bertz CT molecular complexity index is 582. The molecule has 0 aromatic heterocycles. The lowest BCUT2D eigenvalue weighted by Gasteiger charge is -2.09. The third-order valence-corrected chi connectivity index (χ3v) is 3.49. The summed E-state index contributed by atoms with van der Waals surface area (Å²) in [6.45, 7) is 5.98. The monoisotopic (exact) mass is 268 g/mol. The van der Waals surface area contributed by atoms with Crippen LogP contribution in [0.15, 0.2) is 35.4 Å². The van der Waals surface area contributed by atoms with Crippen molar-refractivity contribution in [3.63, 3.8) is 0 Å². The van der Waals surface area contributed by atoms with Gasteiger partial charge in [0, 0.05) is 11.1 Å². The number of hydrogen-bond donors (Lipinski definition) is 0. The maximum absolute atomic E-state index is 11.7. The van der Waals surface area contributed by atoms with Crippen molar-refractivity contribution in [1.29, 1.82) is 0 Å². The topological polar surface area (TPSA) is 26.3 Å². The number of carbonyl (C=O) groups is 1.